The summed E-state index contributed by atoms with van der Waals surface area (Å²) in [6, 6.07) is 10.6. The molecule has 1 fully saturated rings. The van der Waals surface area contributed by atoms with Crippen molar-refractivity contribution < 1.29 is 4.79 Å². The highest BCUT2D eigenvalue weighted by atomic mass is 16.1. The molecule has 1 aliphatic rings. The molecule has 2 heteroatoms. The van der Waals surface area contributed by atoms with Gasteiger partial charge in [0.15, 0.2) is 0 Å². The topological polar surface area (TPSA) is 29.1 Å². The second-order valence-electron chi connectivity index (χ2n) is 5.96. The third-order valence-corrected chi connectivity index (χ3v) is 4.23. The Kier molecular flexibility index (Phi) is 4.62. The van der Waals surface area contributed by atoms with Crippen molar-refractivity contribution in [3.8, 4) is 0 Å². The third-order valence-electron chi connectivity index (χ3n) is 4.23. The second-order valence-corrected chi connectivity index (χ2v) is 5.96. The molecule has 0 aromatic heterocycles. The van der Waals surface area contributed by atoms with Crippen molar-refractivity contribution >= 4 is 5.91 Å². The summed E-state index contributed by atoms with van der Waals surface area (Å²) >= 11 is 0. The molecule has 4 atom stereocenters. The van der Waals surface area contributed by atoms with E-state index in [2.05, 4.69) is 43.4 Å². The first-order valence-corrected chi connectivity index (χ1v) is 7.48. The molecule has 0 aliphatic heterocycles. The molecule has 1 aromatic rings. The van der Waals surface area contributed by atoms with Gasteiger partial charge in [0.05, 0.1) is 6.04 Å². The molecule has 1 N–H and O–H groups in total. The quantitative estimate of drug-likeness (QED) is 0.824. The molecule has 1 aliphatic carbocycles. The van der Waals surface area contributed by atoms with E-state index in [1.807, 2.05) is 13.0 Å². The van der Waals surface area contributed by atoms with E-state index in [1.165, 1.54) is 12.0 Å². The lowest BCUT2D eigenvalue weighted by Gasteiger charge is -2.21. The number of carbonyl (C=O) groups is 1. The Bertz CT molecular complexity index is 415. The van der Waals surface area contributed by atoms with Crippen LogP contribution in [0.3, 0.4) is 0 Å². The molecule has 2 rings (SSSR count). The van der Waals surface area contributed by atoms with Crippen LogP contribution in [0.4, 0.5) is 0 Å². The molecule has 104 valence electrons. The standard InChI is InChI=1S/C17H25NO/c1-4-8-12(2)17(19)18-16(15-11-13(15)3)14-9-6-5-7-10-14/h5-7,9-10,12-13,15-16H,4,8,11H2,1-3H3,(H,18,19). The Morgan fingerprint density at radius 1 is 1.37 bits per heavy atom. The summed E-state index contributed by atoms with van der Waals surface area (Å²) in [6.07, 6.45) is 3.25. The predicted molar refractivity (Wildman–Crippen MR) is 78.7 cm³/mol. The zero-order chi connectivity index (χ0) is 13.8. The van der Waals surface area contributed by atoms with Gasteiger partial charge in [0.25, 0.3) is 0 Å². The van der Waals surface area contributed by atoms with Crippen molar-refractivity contribution in [2.45, 2.75) is 46.1 Å². The molecule has 1 amide bonds. The average molecular weight is 259 g/mol. The van der Waals surface area contributed by atoms with E-state index in [9.17, 15) is 4.79 Å². The van der Waals surface area contributed by atoms with Crippen molar-refractivity contribution in [3.63, 3.8) is 0 Å². The first-order chi connectivity index (χ1) is 9.13. The zero-order valence-electron chi connectivity index (χ0n) is 12.2. The first kappa shape index (κ1) is 14.1. The van der Waals surface area contributed by atoms with Crippen LogP contribution in [-0.4, -0.2) is 5.91 Å². The Morgan fingerprint density at radius 3 is 2.53 bits per heavy atom. The summed E-state index contributed by atoms with van der Waals surface area (Å²) < 4.78 is 0. The molecule has 0 bridgehead atoms. The number of nitrogens with one attached hydrogen (secondary N) is 1. The Morgan fingerprint density at radius 2 is 2.00 bits per heavy atom. The van der Waals surface area contributed by atoms with Crippen LogP contribution in [0, 0.1) is 17.8 Å². The highest BCUT2D eigenvalue weighted by Gasteiger charge is 2.41. The van der Waals surface area contributed by atoms with Gasteiger partial charge in [-0.2, -0.15) is 0 Å². The summed E-state index contributed by atoms with van der Waals surface area (Å²) in [5.41, 5.74) is 1.24. The lowest BCUT2D eigenvalue weighted by atomic mass is 9.99. The van der Waals surface area contributed by atoms with Crippen LogP contribution in [0.5, 0.6) is 0 Å². The Balaban J connectivity index is 2.05. The smallest absolute Gasteiger partial charge is 0.223 e. The minimum absolute atomic E-state index is 0.116. The van der Waals surface area contributed by atoms with Gasteiger partial charge in [0, 0.05) is 5.92 Å². The molecule has 0 radical (unpaired) electrons. The van der Waals surface area contributed by atoms with E-state index in [0.717, 1.165) is 18.8 Å². The fourth-order valence-electron chi connectivity index (χ4n) is 2.77. The van der Waals surface area contributed by atoms with Gasteiger partial charge in [0.1, 0.15) is 0 Å². The molecule has 19 heavy (non-hydrogen) atoms. The van der Waals surface area contributed by atoms with Gasteiger partial charge in [-0.25, -0.2) is 0 Å². The number of hydrogen-bond acceptors (Lipinski definition) is 1. The molecule has 4 unspecified atom stereocenters. The van der Waals surface area contributed by atoms with E-state index in [1.54, 1.807) is 0 Å². The summed E-state index contributed by atoms with van der Waals surface area (Å²) in [5, 5.41) is 3.27. The van der Waals surface area contributed by atoms with Crippen molar-refractivity contribution in [1.29, 1.82) is 0 Å². The number of amides is 1. The molecular formula is C17H25NO. The van der Waals surface area contributed by atoms with Gasteiger partial charge >= 0.3 is 0 Å². The number of hydrogen-bond donors (Lipinski definition) is 1. The van der Waals surface area contributed by atoms with Gasteiger partial charge in [-0.15, -0.1) is 0 Å². The maximum absolute atomic E-state index is 12.2. The van der Waals surface area contributed by atoms with E-state index < -0.39 is 0 Å². The number of carbonyl (C=O) groups excluding carboxylic acids is 1. The minimum atomic E-state index is 0.116. The van der Waals surface area contributed by atoms with Crippen LogP contribution in [0.25, 0.3) is 0 Å². The van der Waals surface area contributed by atoms with Crippen molar-refractivity contribution in [1.82, 2.24) is 5.32 Å². The lowest BCUT2D eigenvalue weighted by Crippen LogP contribution is -2.34. The fraction of sp³-hybridized carbons (Fsp3) is 0.588. The average Bonchev–Trinajstić information content (AvgIpc) is 3.13. The van der Waals surface area contributed by atoms with Crippen molar-refractivity contribution in [2.75, 3.05) is 0 Å². The van der Waals surface area contributed by atoms with Gasteiger partial charge in [0.2, 0.25) is 5.91 Å². The minimum Gasteiger partial charge on any atom is -0.349 e. The highest BCUT2D eigenvalue weighted by molar-refractivity contribution is 5.78. The normalized spacial score (nSPS) is 24.6. The monoisotopic (exact) mass is 259 g/mol. The van der Waals surface area contributed by atoms with Gasteiger partial charge in [-0.05, 0) is 30.2 Å². The highest BCUT2D eigenvalue weighted by Crippen LogP contribution is 2.47. The summed E-state index contributed by atoms with van der Waals surface area (Å²) in [5.74, 6) is 1.66. The Labute approximate surface area is 116 Å². The Hall–Kier alpha value is -1.31. The zero-order valence-corrected chi connectivity index (χ0v) is 12.2. The summed E-state index contributed by atoms with van der Waals surface area (Å²) in [4.78, 5) is 12.2. The summed E-state index contributed by atoms with van der Waals surface area (Å²) in [7, 11) is 0. The van der Waals surface area contributed by atoms with Gasteiger partial charge in [-0.3, -0.25) is 4.79 Å². The van der Waals surface area contributed by atoms with Crippen LogP contribution < -0.4 is 5.32 Å². The number of rotatable bonds is 6. The van der Waals surface area contributed by atoms with E-state index >= 15 is 0 Å². The predicted octanol–water partition coefficient (Wildman–Crippen LogP) is 3.94. The molecule has 0 saturated heterocycles. The van der Waals surface area contributed by atoms with Crippen LogP contribution in [-0.2, 0) is 4.79 Å². The molecule has 2 nitrogen and oxygen atoms in total. The first-order valence-electron chi connectivity index (χ1n) is 7.48. The second kappa shape index (κ2) is 6.23. The van der Waals surface area contributed by atoms with E-state index in [0.29, 0.717) is 5.92 Å². The van der Waals surface area contributed by atoms with Crippen molar-refractivity contribution in [2.24, 2.45) is 17.8 Å². The molecule has 1 saturated carbocycles. The fourth-order valence-corrected chi connectivity index (χ4v) is 2.77. The van der Waals surface area contributed by atoms with Gasteiger partial charge < -0.3 is 5.32 Å². The van der Waals surface area contributed by atoms with Gasteiger partial charge in [-0.1, -0.05) is 57.5 Å². The van der Waals surface area contributed by atoms with Crippen molar-refractivity contribution in [3.05, 3.63) is 35.9 Å². The van der Waals surface area contributed by atoms with E-state index in [4.69, 9.17) is 0 Å². The van der Waals surface area contributed by atoms with Crippen LogP contribution in [0.15, 0.2) is 30.3 Å². The molecule has 1 aromatic carbocycles. The molecule has 0 spiro atoms. The number of benzene rings is 1. The van der Waals surface area contributed by atoms with Crippen LogP contribution >= 0.6 is 0 Å². The lowest BCUT2D eigenvalue weighted by molar-refractivity contribution is -0.125. The third kappa shape index (κ3) is 3.59. The largest absolute Gasteiger partial charge is 0.349 e. The molecular weight excluding hydrogens is 234 g/mol. The maximum atomic E-state index is 12.2. The van der Waals surface area contributed by atoms with Crippen LogP contribution in [0.2, 0.25) is 0 Å². The molecule has 0 heterocycles. The SMILES string of the molecule is CCCC(C)C(=O)NC(c1ccccc1)C1CC1C. The maximum Gasteiger partial charge on any atom is 0.223 e. The van der Waals surface area contributed by atoms with E-state index in [-0.39, 0.29) is 17.9 Å². The van der Waals surface area contributed by atoms with Crippen LogP contribution in [0.1, 0.15) is 51.6 Å². The summed E-state index contributed by atoms with van der Waals surface area (Å²) in [6.45, 7) is 6.42.